The molecule has 2 aliphatic rings. The Morgan fingerprint density at radius 1 is 1.30 bits per heavy atom. The number of nitrogens with zero attached hydrogens (tertiary/aromatic N) is 2. The maximum absolute atomic E-state index is 4.71. The number of rotatable bonds is 3. The van der Waals surface area contributed by atoms with Gasteiger partial charge >= 0.3 is 0 Å². The van der Waals surface area contributed by atoms with E-state index in [4.69, 9.17) is 4.98 Å². The number of hydrogen-bond acceptors (Lipinski definition) is 3. The molecule has 4 heteroatoms. The maximum Gasteiger partial charge on any atom is 0.124 e. The molecule has 20 heavy (non-hydrogen) atoms. The summed E-state index contributed by atoms with van der Waals surface area (Å²) in [5.41, 5.74) is 2.19. The zero-order valence-corrected chi connectivity index (χ0v) is 12.0. The lowest BCUT2D eigenvalue weighted by atomic mass is 9.93. The standard InChI is InChI=1S/C16H22N4/c1-11(16-18-14-4-2-3-5-15(14)19-16)17-13-7-9-20-8-6-12(13)10-20/h2-5,11-13,17H,6-10H2,1H3,(H,18,19). The lowest BCUT2D eigenvalue weighted by molar-refractivity contribution is 0.211. The summed E-state index contributed by atoms with van der Waals surface area (Å²) in [6.07, 6.45) is 2.62. The number of aromatic amines is 1. The Labute approximate surface area is 119 Å². The zero-order chi connectivity index (χ0) is 13.5. The van der Waals surface area contributed by atoms with Gasteiger partial charge in [0.2, 0.25) is 0 Å². The fourth-order valence-electron chi connectivity index (χ4n) is 3.75. The number of piperidine rings is 1. The number of para-hydroxylation sites is 2. The van der Waals surface area contributed by atoms with Crippen LogP contribution in [0, 0.1) is 5.92 Å². The van der Waals surface area contributed by atoms with Crippen LogP contribution >= 0.6 is 0 Å². The van der Waals surface area contributed by atoms with Crippen molar-refractivity contribution in [3.05, 3.63) is 30.1 Å². The zero-order valence-electron chi connectivity index (χ0n) is 12.0. The Balaban J connectivity index is 1.50. The van der Waals surface area contributed by atoms with E-state index in [-0.39, 0.29) is 0 Å². The van der Waals surface area contributed by atoms with Gasteiger partial charge in [-0.15, -0.1) is 0 Å². The van der Waals surface area contributed by atoms with Gasteiger partial charge in [-0.05, 0) is 50.9 Å². The number of imidazole rings is 1. The molecule has 0 spiro atoms. The minimum absolute atomic E-state index is 0.291. The number of aromatic nitrogens is 2. The highest BCUT2D eigenvalue weighted by atomic mass is 15.2. The summed E-state index contributed by atoms with van der Waals surface area (Å²) in [7, 11) is 0. The van der Waals surface area contributed by atoms with Crippen LogP contribution in [-0.2, 0) is 0 Å². The molecular weight excluding hydrogens is 248 g/mol. The van der Waals surface area contributed by atoms with Crippen LogP contribution < -0.4 is 5.32 Å². The molecule has 1 aromatic heterocycles. The second-order valence-corrected chi connectivity index (χ2v) is 6.27. The van der Waals surface area contributed by atoms with E-state index >= 15 is 0 Å². The highest BCUT2D eigenvalue weighted by Crippen LogP contribution is 2.28. The van der Waals surface area contributed by atoms with Gasteiger partial charge in [0.15, 0.2) is 0 Å². The van der Waals surface area contributed by atoms with Crippen LogP contribution in [0.3, 0.4) is 0 Å². The lowest BCUT2D eigenvalue weighted by Crippen LogP contribution is -2.44. The molecule has 106 valence electrons. The fraction of sp³-hybridized carbons (Fsp3) is 0.562. The SMILES string of the molecule is CC(NC1CCN2CCC1C2)c1nc2ccccc2[nH]1. The molecule has 0 saturated carbocycles. The first-order valence-corrected chi connectivity index (χ1v) is 7.72. The van der Waals surface area contributed by atoms with Crippen molar-refractivity contribution in [2.75, 3.05) is 19.6 Å². The van der Waals surface area contributed by atoms with Gasteiger partial charge in [0.25, 0.3) is 0 Å². The molecular formula is C16H22N4. The van der Waals surface area contributed by atoms with Gasteiger partial charge in [0.05, 0.1) is 17.1 Å². The minimum atomic E-state index is 0.291. The topological polar surface area (TPSA) is 44.0 Å². The summed E-state index contributed by atoms with van der Waals surface area (Å²) in [6, 6.07) is 9.19. The highest BCUT2D eigenvalue weighted by molar-refractivity contribution is 5.74. The largest absolute Gasteiger partial charge is 0.341 e. The molecule has 2 aliphatic heterocycles. The number of fused-ring (bicyclic) bond motifs is 3. The van der Waals surface area contributed by atoms with E-state index in [9.17, 15) is 0 Å². The van der Waals surface area contributed by atoms with Crippen molar-refractivity contribution < 1.29 is 0 Å². The van der Waals surface area contributed by atoms with Gasteiger partial charge in [-0.2, -0.15) is 0 Å². The first-order valence-electron chi connectivity index (χ1n) is 7.72. The van der Waals surface area contributed by atoms with E-state index in [0.29, 0.717) is 12.1 Å². The summed E-state index contributed by atoms with van der Waals surface area (Å²) >= 11 is 0. The van der Waals surface area contributed by atoms with Crippen molar-refractivity contribution in [3.63, 3.8) is 0 Å². The van der Waals surface area contributed by atoms with Crippen LogP contribution in [0.1, 0.15) is 31.6 Å². The van der Waals surface area contributed by atoms with Gasteiger partial charge in [-0.25, -0.2) is 4.98 Å². The first-order chi connectivity index (χ1) is 9.79. The van der Waals surface area contributed by atoms with Crippen LogP contribution in [0.25, 0.3) is 11.0 Å². The number of H-pyrrole nitrogens is 1. The third-order valence-electron chi connectivity index (χ3n) is 4.92. The molecule has 1 aromatic carbocycles. The van der Waals surface area contributed by atoms with E-state index in [1.54, 1.807) is 0 Å². The van der Waals surface area contributed by atoms with Gasteiger partial charge < -0.3 is 15.2 Å². The second kappa shape index (κ2) is 4.86. The molecule has 0 amide bonds. The molecule has 3 heterocycles. The minimum Gasteiger partial charge on any atom is -0.341 e. The molecule has 0 aliphatic carbocycles. The smallest absolute Gasteiger partial charge is 0.124 e. The Kier molecular flexibility index (Phi) is 3.00. The van der Waals surface area contributed by atoms with Crippen molar-refractivity contribution >= 4 is 11.0 Å². The van der Waals surface area contributed by atoms with Crippen LogP contribution in [-0.4, -0.2) is 40.5 Å². The van der Waals surface area contributed by atoms with Gasteiger partial charge in [0.1, 0.15) is 5.82 Å². The van der Waals surface area contributed by atoms with E-state index < -0.39 is 0 Å². The predicted molar refractivity (Wildman–Crippen MR) is 80.6 cm³/mol. The van der Waals surface area contributed by atoms with Crippen molar-refractivity contribution in [1.29, 1.82) is 0 Å². The van der Waals surface area contributed by atoms with Crippen molar-refractivity contribution in [2.45, 2.75) is 31.8 Å². The third-order valence-corrected chi connectivity index (χ3v) is 4.92. The van der Waals surface area contributed by atoms with Crippen molar-refractivity contribution in [3.8, 4) is 0 Å². The summed E-state index contributed by atoms with van der Waals surface area (Å²) in [5, 5.41) is 3.80. The number of hydrogen-bond donors (Lipinski definition) is 2. The normalized spacial score (nSPS) is 30.8. The first kappa shape index (κ1) is 12.4. The summed E-state index contributed by atoms with van der Waals surface area (Å²) in [6.45, 7) is 6.05. The predicted octanol–water partition coefficient (Wildman–Crippen LogP) is 2.31. The molecule has 4 atom stereocenters. The van der Waals surface area contributed by atoms with Crippen LogP contribution in [0.2, 0.25) is 0 Å². The van der Waals surface area contributed by atoms with Gasteiger partial charge in [0, 0.05) is 12.6 Å². The van der Waals surface area contributed by atoms with E-state index in [0.717, 1.165) is 22.8 Å². The molecule has 4 unspecified atom stereocenters. The summed E-state index contributed by atoms with van der Waals surface area (Å²) in [5.74, 6) is 1.89. The Hall–Kier alpha value is -1.39. The van der Waals surface area contributed by atoms with Gasteiger partial charge in [-0.3, -0.25) is 0 Å². The van der Waals surface area contributed by atoms with E-state index in [2.05, 4.69) is 40.3 Å². The second-order valence-electron chi connectivity index (χ2n) is 6.27. The number of nitrogens with one attached hydrogen (secondary N) is 2. The molecule has 0 radical (unpaired) electrons. The quantitative estimate of drug-likeness (QED) is 0.899. The van der Waals surface area contributed by atoms with Gasteiger partial charge in [-0.1, -0.05) is 12.1 Å². The monoisotopic (exact) mass is 270 g/mol. The van der Waals surface area contributed by atoms with Crippen molar-refractivity contribution in [2.24, 2.45) is 5.92 Å². The average Bonchev–Trinajstić information content (AvgIpc) is 3.06. The molecule has 2 fully saturated rings. The lowest BCUT2D eigenvalue weighted by Gasteiger charge is -2.32. The average molecular weight is 270 g/mol. The van der Waals surface area contributed by atoms with E-state index in [1.165, 1.54) is 32.5 Å². The Bertz CT molecular complexity index is 572. The third kappa shape index (κ3) is 2.13. The van der Waals surface area contributed by atoms with Crippen LogP contribution in [0.15, 0.2) is 24.3 Å². The molecule has 4 nitrogen and oxygen atoms in total. The molecule has 4 rings (SSSR count). The Morgan fingerprint density at radius 3 is 3.05 bits per heavy atom. The summed E-state index contributed by atoms with van der Waals surface area (Å²) in [4.78, 5) is 10.7. The highest BCUT2D eigenvalue weighted by Gasteiger charge is 2.34. The van der Waals surface area contributed by atoms with Crippen LogP contribution in [0.4, 0.5) is 0 Å². The summed E-state index contributed by atoms with van der Waals surface area (Å²) < 4.78 is 0. The number of benzene rings is 1. The molecule has 2 N–H and O–H groups in total. The van der Waals surface area contributed by atoms with E-state index in [1.807, 2.05) is 6.07 Å². The maximum atomic E-state index is 4.71. The molecule has 2 saturated heterocycles. The Morgan fingerprint density at radius 2 is 2.15 bits per heavy atom. The van der Waals surface area contributed by atoms with Crippen molar-refractivity contribution in [1.82, 2.24) is 20.2 Å². The van der Waals surface area contributed by atoms with Crippen LogP contribution in [0.5, 0.6) is 0 Å². The molecule has 2 aromatic rings. The molecule has 2 bridgehead atoms. The fourth-order valence-corrected chi connectivity index (χ4v) is 3.75.